The fourth-order valence-corrected chi connectivity index (χ4v) is 0.793. The van der Waals surface area contributed by atoms with Crippen LogP contribution in [0.5, 0.6) is 0 Å². The number of pyridine rings is 1. The summed E-state index contributed by atoms with van der Waals surface area (Å²) in [6.07, 6.45) is 0. The molecule has 0 atom stereocenters. The largest absolute Gasteiger partial charge is 0.311 e. The summed E-state index contributed by atoms with van der Waals surface area (Å²) in [6.45, 7) is 10.8. The third-order valence-corrected chi connectivity index (χ3v) is 1.19. The number of nitrogens with one attached hydrogen (secondary N) is 1. The van der Waals surface area contributed by atoms with E-state index in [4.69, 9.17) is 0 Å². The van der Waals surface area contributed by atoms with Crippen molar-refractivity contribution < 1.29 is 4.79 Å². The monoisotopic (exact) mass is 206 g/mol. The van der Waals surface area contributed by atoms with Crippen LogP contribution < -0.4 is 5.32 Å². The standard InChI is InChI=1S/C8H10N2O.C4H8/c1-6-4-3-5-8(9-6)10-7(2)11;1-4(2)3/h3-5H,1-2H3,(H,9,10,11);1H2,2-3H3. The van der Waals surface area contributed by atoms with Crippen molar-refractivity contribution in [2.75, 3.05) is 5.32 Å². The number of nitrogens with zero attached hydrogens (tertiary/aromatic N) is 1. The Kier molecular flexibility index (Phi) is 6.02. The molecule has 1 rings (SSSR count). The molecule has 0 fully saturated rings. The number of allylic oxidation sites excluding steroid dienone is 1. The van der Waals surface area contributed by atoms with E-state index >= 15 is 0 Å². The molecule has 1 amide bonds. The first-order valence-corrected chi connectivity index (χ1v) is 4.75. The number of aromatic nitrogens is 1. The van der Waals surface area contributed by atoms with E-state index in [1.165, 1.54) is 12.5 Å². The third kappa shape index (κ3) is 8.68. The van der Waals surface area contributed by atoms with Crippen LogP contribution in [0.15, 0.2) is 30.4 Å². The van der Waals surface area contributed by atoms with Gasteiger partial charge in [0.25, 0.3) is 0 Å². The number of anilines is 1. The molecule has 0 aliphatic rings. The number of amides is 1. The van der Waals surface area contributed by atoms with Crippen LogP contribution in [-0.2, 0) is 4.79 Å². The Labute approximate surface area is 91.2 Å². The van der Waals surface area contributed by atoms with Crippen molar-refractivity contribution in [1.82, 2.24) is 4.98 Å². The Hall–Kier alpha value is -1.64. The van der Waals surface area contributed by atoms with Gasteiger partial charge in [0.2, 0.25) is 5.91 Å². The Bertz CT molecular complexity index is 341. The van der Waals surface area contributed by atoms with E-state index < -0.39 is 0 Å². The van der Waals surface area contributed by atoms with E-state index in [0.29, 0.717) is 5.82 Å². The van der Waals surface area contributed by atoms with Crippen molar-refractivity contribution in [2.45, 2.75) is 27.7 Å². The molecule has 1 N–H and O–H groups in total. The molecule has 0 saturated heterocycles. The number of carbonyl (C=O) groups is 1. The van der Waals surface area contributed by atoms with Gasteiger partial charge in [-0.3, -0.25) is 4.79 Å². The fourth-order valence-electron chi connectivity index (χ4n) is 0.793. The van der Waals surface area contributed by atoms with Gasteiger partial charge >= 0.3 is 0 Å². The van der Waals surface area contributed by atoms with Gasteiger partial charge in [-0.25, -0.2) is 4.98 Å². The molecule has 0 saturated carbocycles. The molecule has 3 nitrogen and oxygen atoms in total. The Morgan fingerprint density at radius 1 is 1.33 bits per heavy atom. The summed E-state index contributed by atoms with van der Waals surface area (Å²) >= 11 is 0. The average molecular weight is 206 g/mol. The summed E-state index contributed by atoms with van der Waals surface area (Å²) in [5.74, 6) is 0.514. The predicted molar refractivity (Wildman–Crippen MR) is 63.8 cm³/mol. The van der Waals surface area contributed by atoms with E-state index in [-0.39, 0.29) is 5.91 Å². The summed E-state index contributed by atoms with van der Waals surface area (Å²) < 4.78 is 0. The minimum absolute atomic E-state index is 0.0944. The number of rotatable bonds is 1. The van der Waals surface area contributed by atoms with Gasteiger partial charge < -0.3 is 5.32 Å². The van der Waals surface area contributed by atoms with Gasteiger partial charge in [0.1, 0.15) is 5.82 Å². The molecule has 82 valence electrons. The lowest BCUT2D eigenvalue weighted by Crippen LogP contribution is -2.07. The van der Waals surface area contributed by atoms with Gasteiger partial charge in [-0.1, -0.05) is 11.6 Å². The highest BCUT2D eigenvalue weighted by Gasteiger charge is 1.94. The van der Waals surface area contributed by atoms with Crippen molar-refractivity contribution >= 4 is 11.7 Å². The summed E-state index contributed by atoms with van der Waals surface area (Å²) in [5.41, 5.74) is 2.07. The molecule has 0 aliphatic carbocycles. The van der Waals surface area contributed by atoms with Crippen molar-refractivity contribution in [2.24, 2.45) is 0 Å². The van der Waals surface area contributed by atoms with Crippen molar-refractivity contribution in [1.29, 1.82) is 0 Å². The molecule has 1 aromatic heterocycles. The molecular formula is C12H18N2O. The van der Waals surface area contributed by atoms with E-state index in [0.717, 1.165) is 5.69 Å². The fraction of sp³-hybridized carbons (Fsp3) is 0.333. The first kappa shape index (κ1) is 13.4. The molecule has 0 radical (unpaired) electrons. The molecule has 0 unspecified atom stereocenters. The minimum atomic E-state index is -0.0944. The summed E-state index contributed by atoms with van der Waals surface area (Å²) in [6, 6.07) is 5.49. The van der Waals surface area contributed by atoms with Crippen LogP contribution in [0.25, 0.3) is 0 Å². The highest BCUT2D eigenvalue weighted by atomic mass is 16.1. The van der Waals surface area contributed by atoms with Crippen LogP contribution in [0.1, 0.15) is 26.5 Å². The average Bonchev–Trinajstić information content (AvgIpc) is 2.00. The Morgan fingerprint density at radius 2 is 1.87 bits per heavy atom. The van der Waals surface area contributed by atoms with Crippen LogP contribution in [0, 0.1) is 6.92 Å². The maximum absolute atomic E-state index is 10.6. The maximum Gasteiger partial charge on any atom is 0.222 e. The van der Waals surface area contributed by atoms with Gasteiger partial charge in [0, 0.05) is 12.6 Å². The minimum Gasteiger partial charge on any atom is -0.311 e. The normalized spacial score (nSPS) is 8.53. The second-order valence-corrected chi connectivity index (χ2v) is 3.55. The number of hydrogen-bond acceptors (Lipinski definition) is 2. The highest BCUT2D eigenvalue weighted by Crippen LogP contribution is 2.02. The van der Waals surface area contributed by atoms with Gasteiger partial charge in [-0.2, -0.15) is 0 Å². The molecule has 0 aromatic carbocycles. The van der Waals surface area contributed by atoms with Crippen LogP contribution in [-0.4, -0.2) is 10.9 Å². The molecule has 1 heterocycles. The molecule has 0 spiro atoms. The van der Waals surface area contributed by atoms with E-state index in [9.17, 15) is 4.79 Å². The number of hydrogen-bond donors (Lipinski definition) is 1. The van der Waals surface area contributed by atoms with Crippen molar-refractivity contribution in [3.8, 4) is 0 Å². The molecule has 1 aromatic rings. The van der Waals surface area contributed by atoms with Crippen LogP contribution in [0.4, 0.5) is 5.82 Å². The summed E-state index contributed by atoms with van der Waals surface area (Å²) in [4.78, 5) is 14.7. The molecule has 15 heavy (non-hydrogen) atoms. The predicted octanol–water partition coefficient (Wildman–Crippen LogP) is 2.93. The molecule has 3 heteroatoms. The van der Waals surface area contributed by atoms with Crippen molar-refractivity contribution in [3.05, 3.63) is 36.0 Å². The van der Waals surface area contributed by atoms with Gasteiger partial charge in [-0.05, 0) is 32.9 Å². The summed E-state index contributed by atoms with van der Waals surface area (Å²) in [7, 11) is 0. The quantitative estimate of drug-likeness (QED) is 0.718. The van der Waals surface area contributed by atoms with Crippen LogP contribution in [0.3, 0.4) is 0 Å². The maximum atomic E-state index is 10.6. The van der Waals surface area contributed by atoms with E-state index in [2.05, 4.69) is 16.9 Å². The van der Waals surface area contributed by atoms with Gasteiger partial charge in [0.15, 0.2) is 0 Å². The SMILES string of the molecule is C=C(C)C.CC(=O)Nc1cccc(C)n1. The van der Waals surface area contributed by atoms with Crippen molar-refractivity contribution in [3.63, 3.8) is 0 Å². The van der Waals surface area contributed by atoms with Gasteiger partial charge in [-0.15, -0.1) is 6.58 Å². The molecular weight excluding hydrogens is 188 g/mol. The second kappa shape index (κ2) is 6.76. The Balaban J connectivity index is 0.000000423. The highest BCUT2D eigenvalue weighted by molar-refractivity contribution is 5.87. The lowest BCUT2D eigenvalue weighted by atomic mass is 10.4. The third-order valence-electron chi connectivity index (χ3n) is 1.19. The number of carbonyl (C=O) groups excluding carboxylic acids is 1. The molecule has 0 bridgehead atoms. The van der Waals surface area contributed by atoms with Crippen LogP contribution in [0.2, 0.25) is 0 Å². The first-order valence-electron chi connectivity index (χ1n) is 4.75. The second-order valence-electron chi connectivity index (χ2n) is 3.55. The zero-order chi connectivity index (χ0) is 11.8. The smallest absolute Gasteiger partial charge is 0.222 e. The van der Waals surface area contributed by atoms with Crippen LogP contribution >= 0.6 is 0 Å². The first-order chi connectivity index (χ1) is 6.91. The number of aryl methyl sites for hydroxylation is 1. The zero-order valence-corrected chi connectivity index (χ0v) is 9.79. The zero-order valence-electron chi connectivity index (χ0n) is 9.79. The van der Waals surface area contributed by atoms with Gasteiger partial charge in [0.05, 0.1) is 0 Å². The van der Waals surface area contributed by atoms with E-state index in [1.54, 1.807) is 6.07 Å². The molecule has 0 aliphatic heterocycles. The topological polar surface area (TPSA) is 42.0 Å². The lowest BCUT2D eigenvalue weighted by molar-refractivity contribution is -0.114. The van der Waals surface area contributed by atoms with E-state index in [1.807, 2.05) is 32.9 Å². The lowest BCUT2D eigenvalue weighted by Gasteiger charge is -1.99. The Morgan fingerprint density at radius 3 is 2.27 bits per heavy atom. The summed E-state index contributed by atoms with van der Waals surface area (Å²) in [5, 5.41) is 2.60.